The Morgan fingerprint density at radius 3 is 2.57 bits per heavy atom. The largest absolute Gasteiger partial charge is 0.384 e. The van der Waals surface area contributed by atoms with E-state index in [0.29, 0.717) is 36.2 Å². The Labute approximate surface area is 171 Å². The number of H-pyrrole nitrogens is 2. The van der Waals surface area contributed by atoms with Crippen LogP contribution in [0.1, 0.15) is 36.5 Å². The van der Waals surface area contributed by atoms with Crippen molar-refractivity contribution in [3.8, 4) is 0 Å². The molecule has 0 spiro atoms. The number of hydrogen-bond acceptors (Lipinski definition) is 6. The number of carbonyl (C=O) groups is 1. The third-order valence-corrected chi connectivity index (χ3v) is 4.96. The Balaban J connectivity index is 1.87. The minimum atomic E-state index is -0.789. The number of rotatable bonds is 8. The van der Waals surface area contributed by atoms with Crippen molar-refractivity contribution in [2.75, 3.05) is 18.8 Å². The smallest absolute Gasteiger partial charge is 0.329 e. The Bertz CT molecular complexity index is 1260. The van der Waals surface area contributed by atoms with Crippen LogP contribution in [0.4, 0.5) is 5.82 Å². The highest BCUT2D eigenvalue weighted by Crippen LogP contribution is 2.06. The van der Waals surface area contributed by atoms with Crippen LogP contribution in [0.15, 0.2) is 38.6 Å². The molecule has 0 amide bonds. The molecule has 0 bridgehead atoms. The summed E-state index contributed by atoms with van der Waals surface area (Å²) in [6, 6.07) is 7.01. The van der Waals surface area contributed by atoms with E-state index in [0.717, 1.165) is 4.90 Å². The number of aromatic nitrogens is 4. The minimum Gasteiger partial charge on any atom is -0.384 e. The highest BCUT2D eigenvalue weighted by atomic mass is 16.2. The molecule has 3 rings (SSSR count). The van der Waals surface area contributed by atoms with Crippen molar-refractivity contribution in [2.24, 2.45) is 0 Å². The number of hydrogen-bond donors (Lipinski definition) is 4. The zero-order valence-electron chi connectivity index (χ0n) is 16.9. The van der Waals surface area contributed by atoms with Gasteiger partial charge in [0, 0.05) is 6.54 Å². The van der Waals surface area contributed by atoms with Crippen molar-refractivity contribution in [1.29, 1.82) is 0 Å². The van der Waals surface area contributed by atoms with Gasteiger partial charge in [-0.2, -0.15) is 0 Å². The van der Waals surface area contributed by atoms with Gasteiger partial charge in [-0.3, -0.25) is 23.9 Å². The number of nitrogen functional groups attached to an aromatic ring is 1. The van der Waals surface area contributed by atoms with Gasteiger partial charge in [0.25, 0.3) is 11.1 Å². The number of benzene rings is 1. The van der Waals surface area contributed by atoms with Crippen LogP contribution >= 0.6 is 0 Å². The first-order valence-corrected chi connectivity index (χ1v) is 9.83. The van der Waals surface area contributed by atoms with Gasteiger partial charge in [-0.15, -0.1) is 0 Å². The zero-order chi connectivity index (χ0) is 21.8. The number of carbonyl (C=O) groups excluding carboxylic acids is 1. The number of nitrogens with two attached hydrogens (primary N) is 1. The van der Waals surface area contributed by atoms with Crippen molar-refractivity contribution in [3.05, 3.63) is 66.8 Å². The molecule has 1 unspecified atom stereocenters. The average molecular weight is 413 g/mol. The zero-order valence-corrected chi connectivity index (χ0v) is 16.9. The van der Waals surface area contributed by atoms with E-state index in [-0.39, 0.29) is 30.0 Å². The van der Waals surface area contributed by atoms with E-state index in [1.807, 2.05) is 13.8 Å². The Kier molecular flexibility index (Phi) is 6.26. The number of anilines is 1. The molecule has 0 aliphatic rings. The van der Waals surface area contributed by atoms with Gasteiger partial charge < -0.3 is 15.6 Å². The summed E-state index contributed by atoms with van der Waals surface area (Å²) in [5.41, 5.74) is 4.67. The molecule has 0 aliphatic heterocycles. The fourth-order valence-electron chi connectivity index (χ4n) is 3.39. The molecule has 1 aromatic carbocycles. The number of Topliss-reactive ketones (excluding diaryl/α,β-unsaturated/α-hetero) is 1. The lowest BCUT2D eigenvalue weighted by atomic mass is 10.1. The van der Waals surface area contributed by atoms with E-state index in [4.69, 9.17) is 5.73 Å². The van der Waals surface area contributed by atoms with Crippen molar-refractivity contribution >= 4 is 22.5 Å². The first-order valence-electron chi connectivity index (χ1n) is 9.83. The quantitative estimate of drug-likeness (QED) is 0.350. The molecule has 0 saturated carbocycles. The molecule has 5 N–H and O–H groups in total. The topological polar surface area (TPSA) is 148 Å². The normalized spacial score (nSPS) is 12.2. The predicted molar refractivity (Wildman–Crippen MR) is 113 cm³/mol. The van der Waals surface area contributed by atoms with Crippen LogP contribution in [0, 0.1) is 0 Å². The number of nitrogens with one attached hydrogen (secondary N) is 3. The lowest BCUT2D eigenvalue weighted by Gasteiger charge is -2.17. The average Bonchev–Trinajstić information content (AvgIpc) is 2.70. The second kappa shape index (κ2) is 8.87. The fraction of sp³-hybridized carbons (Fsp3) is 0.350. The maximum Gasteiger partial charge on any atom is 0.329 e. The molecule has 2 heterocycles. The Hall–Kier alpha value is -3.53. The SMILES string of the molecule is CCCn1c(N)c(C(=O)C[NH+](CC)Cc2nc3ccccc3c(=O)[nH]2)c(=O)[nH]c1=O. The number of aromatic amines is 2. The highest BCUT2D eigenvalue weighted by molar-refractivity contribution is 6.00. The molecule has 30 heavy (non-hydrogen) atoms. The number of fused-ring (bicyclic) bond motifs is 1. The van der Waals surface area contributed by atoms with E-state index >= 15 is 0 Å². The Morgan fingerprint density at radius 1 is 1.13 bits per heavy atom. The predicted octanol–water partition coefficient (Wildman–Crippen LogP) is -0.947. The van der Waals surface area contributed by atoms with E-state index in [9.17, 15) is 19.2 Å². The number of ketones is 1. The standard InChI is InChI=1S/C20H24N6O4/c1-3-9-26-17(21)16(19(29)24-20(26)30)14(27)10-25(4-2)11-15-22-13-8-6-5-7-12(13)18(28)23-15/h5-8H,3-4,9-11,21H2,1-2H3,(H,22,23,28)(H,24,29,30)/p+1. The van der Waals surface area contributed by atoms with Gasteiger partial charge in [-0.1, -0.05) is 19.1 Å². The summed E-state index contributed by atoms with van der Waals surface area (Å²) in [5.74, 6) is -0.150. The van der Waals surface area contributed by atoms with Crippen molar-refractivity contribution < 1.29 is 9.69 Å². The molecule has 10 heteroatoms. The highest BCUT2D eigenvalue weighted by Gasteiger charge is 2.23. The summed E-state index contributed by atoms with van der Waals surface area (Å²) in [6.45, 7) is 4.84. The molecule has 3 aromatic rings. The van der Waals surface area contributed by atoms with Crippen LogP contribution < -0.4 is 27.4 Å². The molecule has 1 atom stereocenters. The van der Waals surface area contributed by atoms with Crippen LogP contribution in [0.5, 0.6) is 0 Å². The first kappa shape index (κ1) is 21.2. The molecular formula is C20H25N6O4+. The molecule has 158 valence electrons. The van der Waals surface area contributed by atoms with Crippen LogP contribution in [0.2, 0.25) is 0 Å². The monoisotopic (exact) mass is 413 g/mol. The molecule has 2 aromatic heterocycles. The van der Waals surface area contributed by atoms with Crippen molar-refractivity contribution in [2.45, 2.75) is 33.4 Å². The van der Waals surface area contributed by atoms with Gasteiger partial charge in [0.15, 0.2) is 5.82 Å². The molecule has 0 fully saturated rings. The van der Waals surface area contributed by atoms with E-state index < -0.39 is 17.0 Å². The lowest BCUT2D eigenvalue weighted by molar-refractivity contribution is -0.904. The maximum atomic E-state index is 12.9. The van der Waals surface area contributed by atoms with Crippen molar-refractivity contribution in [3.63, 3.8) is 0 Å². The number of nitrogens with zero attached hydrogens (tertiary/aromatic N) is 2. The lowest BCUT2D eigenvalue weighted by Crippen LogP contribution is -3.11. The van der Waals surface area contributed by atoms with Gasteiger partial charge in [0.1, 0.15) is 24.5 Å². The molecule has 10 nitrogen and oxygen atoms in total. The van der Waals surface area contributed by atoms with Gasteiger partial charge in [-0.05, 0) is 25.5 Å². The maximum absolute atomic E-state index is 12.9. The van der Waals surface area contributed by atoms with Gasteiger partial charge in [0.2, 0.25) is 5.78 Å². The fourth-order valence-corrected chi connectivity index (χ4v) is 3.39. The van der Waals surface area contributed by atoms with E-state index in [1.165, 1.54) is 4.57 Å². The number of quaternary nitrogens is 1. The summed E-state index contributed by atoms with van der Waals surface area (Å²) >= 11 is 0. The summed E-state index contributed by atoms with van der Waals surface area (Å²) in [4.78, 5) is 59.5. The molecule has 0 aliphatic carbocycles. The molecular weight excluding hydrogens is 388 g/mol. The third kappa shape index (κ3) is 4.23. The first-order chi connectivity index (χ1) is 14.3. The van der Waals surface area contributed by atoms with Crippen molar-refractivity contribution in [1.82, 2.24) is 19.5 Å². The van der Waals surface area contributed by atoms with Crippen LogP contribution in [-0.4, -0.2) is 38.4 Å². The molecule has 0 radical (unpaired) electrons. The number of para-hydroxylation sites is 1. The second-order valence-corrected chi connectivity index (χ2v) is 7.08. The van der Waals surface area contributed by atoms with Gasteiger partial charge in [0.05, 0.1) is 17.4 Å². The number of likely N-dealkylation sites (N-methyl/N-ethyl adjacent to an activating group) is 1. The van der Waals surface area contributed by atoms with Gasteiger partial charge >= 0.3 is 5.69 Å². The summed E-state index contributed by atoms with van der Waals surface area (Å²) in [6.07, 6.45) is 0.622. The molecule has 0 saturated heterocycles. The minimum absolute atomic E-state index is 0.0371. The summed E-state index contributed by atoms with van der Waals surface area (Å²) < 4.78 is 1.20. The second-order valence-electron chi connectivity index (χ2n) is 7.08. The summed E-state index contributed by atoms with van der Waals surface area (Å²) in [5, 5.41) is 0.493. The van der Waals surface area contributed by atoms with Gasteiger partial charge in [-0.25, -0.2) is 9.78 Å². The summed E-state index contributed by atoms with van der Waals surface area (Å²) in [7, 11) is 0. The van der Waals surface area contributed by atoms with Crippen LogP contribution in [0.3, 0.4) is 0 Å². The van der Waals surface area contributed by atoms with Crippen LogP contribution in [0.25, 0.3) is 10.9 Å². The van der Waals surface area contributed by atoms with E-state index in [2.05, 4.69) is 15.0 Å². The van der Waals surface area contributed by atoms with Crippen LogP contribution in [-0.2, 0) is 13.1 Å². The Morgan fingerprint density at radius 2 is 1.87 bits per heavy atom. The third-order valence-electron chi connectivity index (χ3n) is 4.96. The van der Waals surface area contributed by atoms with E-state index in [1.54, 1.807) is 24.3 Å².